The summed E-state index contributed by atoms with van der Waals surface area (Å²) in [5.41, 5.74) is 0.0239. The Balaban J connectivity index is 1.42. The van der Waals surface area contributed by atoms with Crippen molar-refractivity contribution in [3.63, 3.8) is 0 Å². The molecule has 1 saturated heterocycles. The van der Waals surface area contributed by atoms with E-state index in [0.29, 0.717) is 23.7 Å². The van der Waals surface area contributed by atoms with Crippen molar-refractivity contribution >= 4 is 19.0 Å². The first-order valence-corrected chi connectivity index (χ1v) is 17.6. The maximum Gasteiger partial charge on any atom is 0.418 e. The minimum atomic E-state index is -4.62. The van der Waals surface area contributed by atoms with E-state index in [2.05, 4.69) is 40.1 Å². The van der Waals surface area contributed by atoms with Crippen molar-refractivity contribution in [3.8, 4) is 5.69 Å². The van der Waals surface area contributed by atoms with E-state index in [0.717, 1.165) is 49.4 Å². The highest BCUT2D eigenvalue weighted by molar-refractivity contribution is 6.77. The summed E-state index contributed by atoms with van der Waals surface area (Å²) in [5, 5.41) is 8.47. The van der Waals surface area contributed by atoms with E-state index in [4.69, 9.17) is 0 Å². The van der Waals surface area contributed by atoms with E-state index in [1.807, 2.05) is 29.8 Å². The summed E-state index contributed by atoms with van der Waals surface area (Å²) in [6, 6.07) is 12.6. The van der Waals surface area contributed by atoms with Crippen molar-refractivity contribution in [1.29, 1.82) is 0 Å². The summed E-state index contributed by atoms with van der Waals surface area (Å²) < 4.78 is 45.9. The van der Waals surface area contributed by atoms with Crippen LogP contribution in [-0.2, 0) is 25.2 Å². The third-order valence-electron chi connectivity index (χ3n) is 9.05. The molecule has 216 valence electrons. The lowest BCUT2D eigenvalue weighted by atomic mass is 9.58. The lowest BCUT2D eigenvalue weighted by Gasteiger charge is -2.46. The number of hydrogen-bond donors (Lipinski definition) is 0. The van der Waals surface area contributed by atoms with Crippen LogP contribution in [0, 0.1) is 5.92 Å². The number of alkyl halides is 3. The summed E-state index contributed by atoms with van der Waals surface area (Å²) in [5.74, 6) is 1.37. The fourth-order valence-corrected chi connectivity index (χ4v) is 8.80. The second-order valence-electron chi connectivity index (χ2n) is 12.8. The highest BCUT2D eigenvalue weighted by atomic mass is 28.3. The third-order valence-corrected chi connectivity index (χ3v) is 12.2. The van der Waals surface area contributed by atoms with E-state index in [9.17, 15) is 18.0 Å². The Bertz CT molecular complexity index is 1660. The monoisotopic (exact) mass is 580 g/mol. The molecule has 7 nitrogen and oxygen atoms in total. The van der Waals surface area contributed by atoms with Gasteiger partial charge in [-0.2, -0.15) is 13.2 Å². The Morgan fingerprint density at radius 1 is 1.07 bits per heavy atom. The molecule has 11 heteroatoms. The van der Waals surface area contributed by atoms with Gasteiger partial charge in [-0.25, -0.2) is 4.98 Å². The van der Waals surface area contributed by atoms with Gasteiger partial charge in [0.1, 0.15) is 18.5 Å². The minimum absolute atomic E-state index is 0.0188. The molecular formula is C30H35F3N6OSi. The van der Waals surface area contributed by atoms with Crippen molar-refractivity contribution in [1.82, 2.24) is 29.2 Å². The molecule has 0 radical (unpaired) electrons. The van der Waals surface area contributed by atoms with E-state index >= 15 is 0 Å². The van der Waals surface area contributed by atoms with Gasteiger partial charge in [0.05, 0.1) is 27.6 Å². The quantitative estimate of drug-likeness (QED) is 0.280. The summed E-state index contributed by atoms with van der Waals surface area (Å²) in [7, 11) is 0.697. The second kappa shape index (κ2) is 9.90. The van der Waals surface area contributed by atoms with Gasteiger partial charge in [0.2, 0.25) is 0 Å². The smallest absolute Gasteiger partial charge is 0.320 e. The van der Waals surface area contributed by atoms with Crippen LogP contribution >= 0.6 is 0 Å². The topological polar surface area (TPSA) is 68.8 Å². The highest BCUT2D eigenvalue weighted by Crippen LogP contribution is 2.51. The Morgan fingerprint density at radius 3 is 2.44 bits per heavy atom. The Labute approximate surface area is 238 Å². The van der Waals surface area contributed by atoms with Crippen LogP contribution < -0.4 is 5.56 Å². The number of hydrogen-bond acceptors (Lipinski definition) is 5. The Kier molecular flexibility index (Phi) is 6.72. The molecule has 0 N–H and O–H groups in total. The van der Waals surface area contributed by atoms with E-state index < -0.39 is 25.4 Å². The largest absolute Gasteiger partial charge is 0.418 e. The molecule has 0 unspecified atom stereocenters. The summed E-state index contributed by atoms with van der Waals surface area (Å²) in [4.78, 5) is 20.2. The fourth-order valence-electron chi connectivity index (χ4n) is 6.71. The van der Waals surface area contributed by atoms with Crippen molar-refractivity contribution < 1.29 is 13.2 Å². The van der Waals surface area contributed by atoms with Crippen LogP contribution in [0.15, 0.2) is 53.8 Å². The normalized spacial score (nSPS) is 23.0. The average Bonchev–Trinajstić information content (AvgIpc) is 3.33. The van der Waals surface area contributed by atoms with Crippen LogP contribution in [0.3, 0.4) is 0 Å². The molecule has 0 atom stereocenters. The summed E-state index contributed by atoms with van der Waals surface area (Å²) in [6.45, 7) is 9.02. The lowest BCUT2D eigenvalue weighted by molar-refractivity contribution is -0.136. The molecule has 1 saturated carbocycles. The third kappa shape index (κ3) is 5.03. The van der Waals surface area contributed by atoms with E-state index in [1.165, 1.54) is 17.0 Å². The molecule has 0 bridgehead atoms. The molecule has 4 aromatic rings. The highest BCUT2D eigenvalue weighted by Gasteiger charge is 2.48. The molecular weight excluding hydrogens is 545 g/mol. The molecule has 41 heavy (non-hydrogen) atoms. The number of fused-ring (bicyclic) bond motifs is 1. The molecule has 2 aliphatic rings. The van der Waals surface area contributed by atoms with E-state index in [1.54, 1.807) is 18.5 Å². The summed E-state index contributed by atoms with van der Waals surface area (Å²) >= 11 is 0. The van der Waals surface area contributed by atoms with Gasteiger partial charge >= 0.3 is 6.18 Å². The number of aryl methyl sites for hydroxylation is 1. The number of halogens is 3. The predicted molar refractivity (Wildman–Crippen MR) is 155 cm³/mol. The average molecular weight is 581 g/mol. The van der Waals surface area contributed by atoms with Crippen LogP contribution in [0.1, 0.15) is 42.3 Å². The first kappa shape index (κ1) is 27.8. The van der Waals surface area contributed by atoms with Gasteiger partial charge in [-0.3, -0.25) is 14.3 Å². The van der Waals surface area contributed by atoms with E-state index in [-0.39, 0.29) is 16.3 Å². The number of rotatable bonds is 5. The van der Waals surface area contributed by atoms with Gasteiger partial charge in [-0.05, 0) is 79.3 Å². The lowest BCUT2D eigenvalue weighted by Crippen LogP contribution is -2.43. The zero-order chi connectivity index (χ0) is 29.2. The SMILES string of the molecule is CC1CC(c2cccc(-n3cnc4c(C(F)(F)F)cc(CN5CC[Si](C)(C)CC5)cc4c3=O)c2)(c2nncn2C)C1. The fraction of sp³-hybridized carbons (Fsp3) is 0.467. The molecule has 1 aliphatic heterocycles. The van der Waals surface area contributed by atoms with Crippen LogP contribution in [0.2, 0.25) is 25.2 Å². The van der Waals surface area contributed by atoms with Crippen molar-refractivity contribution in [2.75, 3.05) is 13.1 Å². The first-order valence-electron chi connectivity index (χ1n) is 14.2. The van der Waals surface area contributed by atoms with Gasteiger partial charge in [-0.1, -0.05) is 32.2 Å². The molecule has 3 heterocycles. The molecule has 0 amide bonds. The molecule has 6 rings (SSSR count). The van der Waals surface area contributed by atoms with Crippen molar-refractivity contribution in [2.24, 2.45) is 13.0 Å². The van der Waals surface area contributed by atoms with Gasteiger partial charge in [-0.15, -0.1) is 10.2 Å². The Hall–Kier alpha value is -3.31. The predicted octanol–water partition coefficient (Wildman–Crippen LogP) is 5.77. The molecule has 2 aromatic heterocycles. The maximum absolute atomic E-state index is 14.2. The molecule has 1 aliphatic carbocycles. The van der Waals surface area contributed by atoms with Gasteiger partial charge in [0, 0.05) is 21.7 Å². The molecule has 0 spiro atoms. The number of nitrogens with zero attached hydrogens (tertiary/aromatic N) is 6. The standard InChI is InChI=1S/C30H35F3N6OSi/c1-20-15-29(16-20,28-36-35-19-37(28)2)22-6-5-7-23(14-22)39-18-34-26-24(27(39)40)12-21(13-25(26)30(31,32)33)17-38-8-10-41(3,4)11-9-38/h5-7,12-14,18-20H,8-11,15-17H2,1-4H3. The minimum Gasteiger partial charge on any atom is -0.320 e. The van der Waals surface area contributed by atoms with Crippen LogP contribution in [-0.4, -0.2) is 50.4 Å². The zero-order valence-corrected chi connectivity index (χ0v) is 24.9. The molecule has 2 fully saturated rings. The van der Waals surface area contributed by atoms with Crippen LogP contribution in [0.4, 0.5) is 13.2 Å². The molecule has 2 aromatic carbocycles. The second-order valence-corrected chi connectivity index (χ2v) is 18.1. The van der Waals surface area contributed by atoms with Crippen molar-refractivity contribution in [2.45, 2.75) is 63.1 Å². The summed E-state index contributed by atoms with van der Waals surface area (Å²) in [6.07, 6.45) is 0.0588. The van der Waals surface area contributed by atoms with Gasteiger partial charge < -0.3 is 4.57 Å². The maximum atomic E-state index is 14.2. The number of benzene rings is 2. The number of aromatic nitrogens is 5. The zero-order valence-electron chi connectivity index (χ0n) is 23.9. The first-order chi connectivity index (χ1) is 19.4. The van der Waals surface area contributed by atoms with Crippen LogP contribution in [0.25, 0.3) is 16.6 Å². The van der Waals surface area contributed by atoms with Gasteiger partial charge in [0.25, 0.3) is 5.56 Å². The van der Waals surface area contributed by atoms with Crippen molar-refractivity contribution in [3.05, 3.63) is 81.9 Å². The van der Waals surface area contributed by atoms with Crippen LogP contribution in [0.5, 0.6) is 0 Å². The Morgan fingerprint density at radius 2 is 1.80 bits per heavy atom. The van der Waals surface area contributed by atoms with Gasteiger partial charge in [0.15, 0.2) is 0 Å².